The zero-order chi connectivity index (χ0) is 15.6. The van der Waals surface area contributed by atoms with E-state index in [0.29, 0.717) is 10.6 Å². The highest BCUT2D eigenvalue weighted by Crippen LogP contribution is 2.23. The van der Waals surface area contributed by atoms with Crippen molar-refractivity contribution in [3.63, 3.8) is 0 Å². The summed E-state index contributed by atoms with van der Waals surface area (Å²) in [6, 6.07) is 11.4. The molecule has 0 radical (unpaired) electrons. The molecule has 2 aromatic carbocycles. The molecule has 0 unspecified atom stereocenters. The van der Waals surface area contributed by atoms with Gasteiger partial charge < -0.3 is 5.32 Å². The third-order valence-electron chi connectivity index (χ3n) is 3.19. The predicted octanol–water partition coefficient (Wildman–Crippen LogP) is 5.03. The topological polar surface area (TPSA) is 29.1 Å². The lowest BCUT2D eigenvalue weighted by molar-refractivity contribution is 0.102. The van der Waals surface area contributed by atoms with Gasteiger partial charge in [0.2, 0.25) is 0 Å². The maximum atomic E-state index is 13.6. The maximum Gasteiger partial charge on any atom is 0.255 e. The van der Waals surface area contributed by atoms with E-state index in [2.05, 4.69) is 26.1 Å². The van der Waals surface area contributed by atoms with Crippen LogP contribution in [-0.2, 0) is 5.41 Å². The molecule has 1 N–H and O–H groups in total. The zero-order valence-corrected chi connectivity index (χ0v) is 13.0. The number of nitrogens with one attached hydrogen (secondary N) is 1. The fourth-order valence-corrected chi connectivity index (χ4v) is 2.07. The summed E-state index contributed by atoms with van der Waals surface area (Å²) in [5, 5.41) is 2.83. The molecule has 110 valence electrons. The van der Waals surface area contributed by atoms with Gasteiger partial charge >= 0.3 is 0 Å². The molecule has 4 heteroatoms. The normalized spacial score (nSPS) is 11.3. The number of anilines is 1. The van der Waals surface area contributed by atoms with Crippen molar-refractivity contribution in [2.45, 2.75) is 26.2 Å². The quantitative estimate of drug-likeness (QED) is 0.828. The predicted molar refractivity (Wildman–Crippen MR) is 84.5 cm³/mol. The second-order valence-corrected chi connectivity index (χ2v) is 6.34. The number of hydrogen-bond acceptors (Lipinski definition) is 1. The molecule has 2 rings (SSSR count). The first-order chi connectivity index (χ1) is 9.77. The smallest absolute Gasteiger partial charge is 0.255 e. The van der Waals surface area contributed by atoms with E-state index in [1.54, 1.807) is 12.1 Å². The van der Waals surface area contributed by atoms with Crippen LogP contribution in [0.25, 0.3) is 0 Å². The summed E-state index contributed by atoms with van der Waals surface area (Å²) < 4.78 is 13.6. The second-order valence-electron chi connectivity index (χ2n) is 5.91. The Kier molecular flexibility index (Phi) is 4.33. The van der Waals surface area contributed by atoms with Crippen LogP contribution in [0.5, 0.6) is 0 Å². The van der Waals surface area contributed by atoms with Crippen LogP contribution in [0.2, 0.25) is 5.02 Å². The second kappa shape index (κ2) is 5.86. The number of carbonyl (C=O) groups is 1. The van der Waals surface area contributed by atoms with Crippen LogP contribution in [0.4, 0.5) is 10.1 Å². The molecule has 0 aliphatic heterocycles. The van der Waals surface area contributed by atoms with E-state index in [-0.39, 0.29) is 17.0 Å². The first-order valence-electron chi connectivity index (χ1n) is 6.64. The molecule has 0 aliphatic rings. The lowest BCUT2D eigenvalue weighted by Crippen LogP contribution is -2.15. The van der Waals surface area contributed by atoms with Gasteiger partial charge in [0.1, 0.15) is 5.82 Å². The molecule has 0 aliphatic carbocycles. The largest absolute Gasteiger partial charge is 0.319 e. The Morgan fingerprint density at radius 1 is 1.10 bits per heavy atom. The SMILES string of the molecule is CC(C)(C)c1ccc(C(=O)Nc2ccc(Cl)cc2F)cc1. The molecule has 0 spiro atoms. The third kappa shape index (κ3) is 3.82. The summed E-state index contributed by atoms with van der Waals surface area (Å²) in [7, 11) is 0. The average Bonchev–Trinajstić information content (AvgIpc) is 2.41. The summed E-state index contributed by atoms with van der Waals surface area (Å²) in [6.45, 7) is 6.31. The molecule has 0 fully saturated rings. The molecule has 0 heterocycles. The van der Waals surface area contributed by atoms with Crippen molar-refractivity contribution in [1.82, 2.24) is 0 Å². The first kappa shape index (κ1) is 15.5. The number of carbonyl (C=O) groups excluding carboxylic acids is 1. The molecule has 2 aromatic rings. The van der Waals surface area contributed by atoms with Crippen molar-refractivity contribution in [3.05, 3.63) is 64.4 Å². The number of rotatable bonds is 2. The van der Waals surface area contributed by atoms with Gasteiger partial charge in [-0.25, -0.2) is 4.39 Å². The standard InChI is InChI=1S/C17H17ClFNO/c1-17(2,3)12-6-4-11(5-7-12)16(21)20-15-9-8-13(18)10-14(15)19/h4-10H,1-3H3,(H,20,21). The van der Waals surface area contributed by atoms with Crippen LogP contribution >= 0.6 is 11.6 Å². The van der Waals surface area contributed by atoms with Crippen LogP contribution in [-0.4, -0.2) is 5.91 Å². The van der Waals surface area contributed by atoms with Gasteiger partial charge in [-0.05, 0) is 41.3 Å². The van der Waals surface area contributed by atoms with Gasteiger partial charge in [-0.2, -0.15) is 0 Å². The highest BCUT2D eigenvalue weighted by atomic mass is 35.5. The lowest BCUT2D eigenvalue weighted by Gasteiger charge is -2.19. The van der Waals surface area contributed by atoms with Crippen LogP contribution in [0.1, 0.15) is 36.7 Å². The van der Waals surface area contributed by atoms with Crippen molar-refractivity contribution in [2.24, 2.45) is 0 Å². The van der Waals surface area contributed by atoms with Crippen molar-refractivity contribution in [1.29, 1.82) is 0 Å². The Morgan fingerprint density at radius 2 is 1.71 bits per heavy atom. The van der Waals surface area contributed by atoms with E-state index >= 15 is 0 Å². The average molecular weight is 306 g/mol. The Labute approximate surface area is 128 Å². The van der Waals surface area contributed by atoms with Crippen LogP contribution in [0, 0.1) is 5.82 Å². The Morgan fingerprint density at radius 3 is 2.24 bits per heavy atom. The van der Waals surface area contributed by atoms with Crippen molar-refractivity contribution < 1.29 is 9.18 Å². The Balaban J connectivity index is 2.17. The number of halogens is 2. The van der Waals surface area contributed by atoms with Crippen molar-refractivity contribution >= 4 is 23.2 Å². The summed E-state index contributed by atoms with van der Waals surface area (Å²) in [6.07, 6.45) is 0. The summed E-state index contributed by atoms with van der Waals surface area (Å²) in [5.41, 5.74) is 1.76. The molecule has 21 heavy (non-hydrogen) atoms. The molecule has 0 aromatic heterocycles. The lowest BCUT2D eigenvalue weighted by atomic mass is 9.87. The van der Waals surface area contributed by atoms with Gasteiger partial charge in [-0.15, -0.1) is 0 Å². The molecule has 1 amide bonds. The fourth-order valence-electron chi connectivity index (χ4n) is 1.91. The molecule has 0 atom stereocenters. The van der Waals surface area contributed by atoms with E-state index in [4.69, 9.17) is 11.6 Å². The highest BCUT2D eigenvalue weighted by molar-refractivity contribution is 6.30. The Bertz CT molecular complexity index is 659. The highest BCUT2D eigenvalue weighted by Gasteiger charge is 2.15. The van der Waals surface area contributed by atoms with Gasteiger partial charge in [0.25, 0.3) is 5.91 Å². The number of amides is 1. The summed E-state index contributed by atoms with van der Waals surface area (Å²) in [4.78, 5) is 12.1. The van der Waals surface area contributed by atoms with Gasteiger partial charge in [0, 0.05) is 10.6 Å². The zero-order valence-electron chi connectivity index (χ0n) is 12.2. The minimum absolute atomic E-state index is 0.0251. The van der Waals surface area contributed by atoms with E-state index in [1.807, 2.05) is 12.1 Å². The number of hydrogen-bond donors (Lipinski definition) is 1. The molecule has 0 saturated carbocycles. The van der Waals surface area contributed by atoms with E-state index in [9.17, 15) is 9.18 Å². The van der Waals surface area contributed by atoms with E-state index in [0.717, 1.165) is 5.56 Å². The molecular formula is C17H17ClFNO. The first-order valence-corrected chi connectivity index (χ1v) is 7.02. The van der Waals surface area contributed by atoms with Gasteiger partial charge in [0.15, 0.2) is 0 Å². The monoisotopic (exact) mass is 305 g/mol. The summed E-state index contributed by atoms with van der Waals surface area (Å²) >= 11 is 5.68. The number of benzene rings is 2. The van der Waals surface area contributed by atoms with Gasteiger partial charge in [0.05, 0.1) is 5.69 Å². The summed E-state index contributed by atoms with van der Waals surface area (Å²) in [5.74, 6) is -0.904. The van der Waals surface area contributed by atoms with Crippen LogP contribution in [0.3, 0.4) is 0 Å². The molecule has 0 bridgehead atoms. The Hall–Kier alpha value is -1.87. The third-order valence-corrected chi connectivity index (χ3v) is 3.43. The molecule has 0 saturated heterocycles. The molecular weight excluding hydrogens is 289 g/mol. The fraction of sp³-hybridized carbons (Fsp3) is 0.235. The molecule has 2 nitrogen and oxygen atoms in total. The van der Waals surface area contributed by atoms with E-state index < -0.39 is 5.82 Å². The van der Waals surface area contributed by atoms with Crippen LogP contribution in [0.15, 0.2) is 42.5 Å². The van der Waals surface area contributed by atoms with Crippen molar-refractivity contribution in [2.75, 3.05) is 5.32 Å². The van der Waals surface area contributed by atoms with E-state index in [1.165, 1.54) is 18.2 Å². The van der Waals surface area contributed by atoms with Crippen LogP contribution < -0.4 is 5.32 Å². The minimum atomic E-state index is -0.554. The maximum absolute atomic E-state index is 13.6. The van der Waals surface area contributed by atoms with Gasteiger partial charge in [-0.3, -0.25) is 4.79 Å². The minimum Gasteiger partial charge on any atom is -0.319 e. The van der Waals surface area contributed by atoms with Gasteiger partial charge in [-0.1, -0.05) is 44.5 Å². The van der Waals surface area contributed by atoms with Crippen molar-refractivity contribution in [3.8, 4) is 0 Å².